The first kappa shape index (κ1) is 16.8. The molecule has 0 saturated heterocycles. The van der Waals surface area contributed by atoms with Gasteiger partial charge >= 0.3 is 0 Å². The van der Waals surface area contributed by atoms with Gasteiger partial charge < -0.3 is 10.2 Å². The van der Waals surface area contributed by atoms with Crippen LogP contribution in [0, 0.1) is 5.92 Å². The number of amides is 1. The van der Waals surface area contributed by atoms with E-state index in [0.29, 0.717) is 0 Å². The lowest BCUT2D eigenvalue weighted by Gasteiger charge is -2.18. The number of thioether (sulfide) groups is 1. The second-order valence-electron chi connectivity index (χ2n) is 4.92. The molecule has 0 aromatic heterocycles. The van der Waals surface area contributed by atoms with E-state index in [1.807, 2.05) is 18.7 Å². The van der Waals surface area contributed by atoms with Crippen molar-refractivity contribution in [3.8, 4) is 0 Å². The summed E-state index contributed by atoms with van der Waals surface area (Å²) in [6, 6.07) is 0.288. The van der Waals surface area contributed by atoms with Gasteiger partial charge in [0.15, 0.2) is 0 Å². The summed E-state index contributed by atoms with van der Waals surface area (Å²) in [6.45, 7) is 7.30. The van der Waals surface area contributed by atoms with E-state index in [0.717, 1.165) is 30.9 Å². The highest BCUT2D eigenvalue weighted by Crippen LogP contribution is 2.08. The molecule has 0 aliphatic carbocycles. The Labute approximate surface area is 111 Å². The first-order valence-electron chi connectivity index (χ1n) is 6.50. The Morgan fingerprint density at radius 3 is 2.53 bits per heavy atom. The Bertz CT molecular complexity index is 210. The van der Waals surface area contributed by atoms with E-state index in [9.17, 15) is 4.79 Å². The minimum absolute atomic E-state index is 0.122. The number of carbonyl (C=O) groups is 1. The zero-order chi connectivity index (χ0) is 13.3. The molecular weight excluding hydrogens is 232 g/mol. The Hall–Kier alpha value is -0.220. The summed E-state index contributed by atoms with van der Waals surface area (Å²) in [7, 11) is 4.15. The SMILES string of the molecule is CCSCC(C)C(=O)NC(C)CCCN(C)C. The van der Waals surface area contributed by atoms with Gasteiger partial charge in [0.05, 0.1) is 0 Å². The maximum Gasteiger partial charge on any atom is 0.223 e. The van der Waals surface area contributed by atoms with Crippen LogP contribution < -0.4 is 5.32 Å². The number of carbonyl (C=O) groups excluding carboxylic acids is 1. The van der Waals surface area contributed by atoms with Crippen molar-refractivity contribution in [1.82, 2.24) is 10.2 Å². The number of rotatable bonds is 9. The maximum atomic E-state index is 11.8. The van der Waals surface area contributed by atoms with Gasteiger partial charge in [-0.05, 0) is 46.2 Å². The van der Waals surface area contributed by atoms with Gasteiger partial charge in [-0.15, -0.1) is 0 Å². The van der Waals surface area contributed by atoms with Crippen LogP contribution in [0.25, 0.3) is 0 Å². The average Bonchev–Trinajstić information content (AvgIpc) is 2.25. The highest BCUT2D eigenvalue weighted by molar-refractivity contribution is 7.99. The molecule has 1 amide bonds. The number of nitrogens with one attached hydrogen (secondary N) is 1. The monoisotopic (exact) mass is 260 g/mol. The standard InChI is InChI=1S/C13H28N2OS/c1-6-17-10-11(2)13(16)14-12(3)8-7-9-15(4)5/h11-12H,6-10H2,1-5H3,(H,14,16). The van der Waals surface area contributed by atoms with E-state index in [1.165, 1.54) is 0 Å². The third kappa shape index (κ3) is 9.48. The van der Waals surface area contributed by atoms with E-state index in [2.05, 4.69) is 38.2 Å². The lowest BCUT2D eigenvalue weighted by atomic mass is 10.1. The summed E-state index contributed by atoms with van der Waals surface area (Å²) >= 11 is 1.83. The lowest BCUT2D eigenvalue weighted by molar-refractivity contribution is -0.124. The summed E-state index contributed by atoms with van der Waals surface area (Å²) < 4.78 is 0. The number of hydrogen-bond acceptors (Lipinski definition) is 3. The molecule has 0 radical (unpaired) electrons. The average molecular weight is 260 g/mol. The van der Waals surface area contributed by atoms with Crippen LogP contribution in [0.5, 0.6) is 0 Å². The molecule has 0 fully saturated rings. The van der Waals surface area contributed by atoms with Crippen molar-refractivity contribution in [2.75, 3.05) is 32.1 Å². The molecule has 0 heterocycles. The predicted molar refractivity (Wildman–Crippen MR) is 77.6 cm³/mol. The molecule has 17 heavy (non-hydrogen) atoms. The van der Waals surface area contributed by atoms with Crippen LogP contribution in [0.15, 0.2) is 0 Å². The van der Waals surface area contributed by atoms with E-state index < -0.39 is 0 Å². The van der Waals surface area contributed by atoms with Gasteiger partial charge in [-0.1, -0.05) is 13.8 Å². The van der Waals surface area contributed by atoms with Gasteiger partial charge in [0.25, 0.3) is 0 Å². The largest absolute Gasteiger partial charge is 0.353 e. The van der Waals surface area contributed by atoms with E-state index >= 15 is 0 Å². The second-order valence-corrected chi connectivity index (χ2v) is 6.23. The zero-order valence-electron chi connectivity index (χ0n) is 12.0. The first-order chi connectivity index (χ1) is 7.97. The number of hydrogen-bond donors (Lipinski definition) is 1. The molecule has 0 aromatic carbocycles. The van der Waals surface area contributed by atoms with E-state index in [4.69, 9.17) is 0 Å². The molecule has 0 aliphatic rings. The van der Waals surface area contributed by atoms with Crippen molar-refractivity contribution >= 4 is 17.7 Å². The fraction of sp³-hybridized carbons (Fsp3) is 0.923. The normalized spacial score (nSPS) is 14.7. The van der Waals surface area contributed by atoms with Crippen molar-refractivity contribution in [2.45, 2.75) is 39.7 Å². The maximum absolute atomic E-state index is 11.8. The predicted octanol–water partition coefficient (Wildman–Crippen LogP) is 2.22. The molecule has 1 N–H and O–H groups in total. The molecule has 2 atom stereocenters. The van der Waals surface area contributed by atoms with Crippen LogP contribution in [-0.4, -0.2) is 49.0 Å². The molecule has 102 valence electrons. The quantitative estimate of drug-likeness (QED) is 0.690. The van der Waals surface area contributed by atoms with Crippen LogP contribution >= 0.6 is 11.8 Å². The third-order valence-corrected chi connectivity index (χ3v) is 3.79. The van der Waals surface area contributed by atoms with Gasteiger partial charge in [0.2, 0.25) is 5.91 Å². The topological polar surface area (TPSA) is 32.3 Å². The van der Waals surface area contributed by atoms with Crippen LogP contribution in [0.4, 0.5) is 0 Å². The fourth-order valence-corrected chi connectivity index (χ4v) is 2.28. The van der Waals surface area contributed by atoms with E-state index in [1.54, 1.807) is 0 Å². The minimum Gasteiger partial charge on any atom is -0.353 e. The summed E-state index contributed by atoms with van der Waals surface area (Å²) in [5, 5.41) is 3.09. The minimum atomic E-state index is 0.122. The molecular formula is C13H28N2OS. The molecule has 4 heteroatoms. The lowest BCUT2D eigenvalue weighted by Crippen LogP contribution is -2.37. The van der Waals surface area contributed by atoms with E-state index in [-0.39, 0.29) is 17.9 Å². The Balaban J connectivity index is 3.71. The summed E-state index contributed by atoms with van der Waals surface area (Å²) in [5.74, 6) is 2.32. The highest BCUT2D eigenvalue weighted by atomic mass is 32.2. The molecule has 3 nitrogen and oxygen atoms in total. The molecule has 0 aliphatic heterocycles. The van der Waals surface area contributed by atoms with Crippen molar-refractivity contribution in [3.63, 3.8) is 0 Å². The van der Waals surface area contributed by atoms with Crippen LogP contribution in [0.1, 0.15) is 33.6 Å². The summed E-state index contributed by atoms with van der Waals surface area (Å²) in [5.41, 5.74) is 0. The molecule has 0 saturated carbocycles. The van der Waals surface area contributed by atoms with Gasteiger partial charge in [-0.3, -0.25) is 4.79 Å². The van der Waals surface area contributed by atoms with Crippen molar-refractivity contribution < 1.29 is 4.79 Å². The van der Waals surface area contributed by atoms with Gasteiger partial charge in [-0.25, -0.2) is 0 Å². The summed E-state index contributed by atoms with van der Waals surface area (Å²) in [4.78, 5) is 14.0. The molecule has 0 aromatic rings. The Kier molecular flexibility index (Phi) is 9.65. The van der Waals surface area contributed by atoms with Crippen LogP contribution in [0.2, 0.25) is 0 Å². The van der Waals surface area contributed by atoms with Crippen LogP contribution in [0.3, 0.4) is 0 Å². The second kappa shape index (κ2) is 9.77. The van der Waals surface area contributed by atoms with Gasteiger partial charge in [0.1, 0.15) is 0 Å². The van der Waals surface area contributed by atoms with Gasteiger partial charge in [-0.2, -0.15) is 11.8 Å². The molecule has 0 rings (SSSR count). The smallest absolute Gasteiger partial charge is 0.223 e. The highest BCUT2D eigenvalue weighted by Gasteiger charge is 2.14. The third-order valence-electron chi connectivity index (χ3n) is 2.65. The Morgan fingerprint density at radius 1 is 1.35 bits per heavy atom. The Morgan fingerprint density at radius 2 is 2.00 bits per heavy atom. The van der Waals surface area contributed by atoms with Gasteiger partial charge in [0, 0.05) is 17.7 Å². The van der Waals surface area contributed by atoms with Crippen molar-refractivity contribution in [2.24, 2.45) is 5.92 Å². The van der Waals surface area contributed by atoms with Crippen molar-refractivity contribution in [3.05, 3.63) is 0 Å². The summed E-state index contributed by atoms with van der Waals surface area (Å²) in [6.07, 6.45) is 2.18. The fourth-order valence-electron chi connectivity index (χ4n) is 1.54. The zero-order valence-corrected chi connectivity index (χ0v) is 12.8. The molecule has 0 spiro atoms. The van der Waals surface area contributed by atoms with Crippen molar-refractivity contribution in [1.29, 1.82) is 0 Å². The van der Waals surface area contributed by atoms with Crippen LogP contribution in [-0.2, 0) is 4.79 Å². The first-order valence-corrected chi connectivity index (χ1v) is 7.65. The number of nitrogens with zero attached hydrogens (tertiary/aromatic N) is 1. The molecule has 2 unspecified atom stereocenters. The molecule has 0 bridgehead atoms.